The minimum atomic E-state index is -0.301. The number of phenols is 1. The van der Waals surface area contributed by atoms with Crippen LogP contribution in [0.5, 0.6) is 5.75 Å². The maximum Gasteiger partial charge on any atom is 0.410 e. The average molecular weight is 530 g/mol. The summed E-state index contributed by atoms with van der Waals surface area (Å²) in [5.41, 5.74) is 3.93. The monoisotopic (exact) mass is 529 g/mol. The Morgan fingerprint density at radius 3 is 2.50 bits per heavy atom. The standard InChI is InChI=1S/C29H28ClN5O3/c30-28-31-25-18-35(26-17-22(36)16-21-8-4-5-9-23(21)26)11-10-24(25)27(32-28)33-12-14-34(15-13-33)29(37)38-19-20-6-2-1-3-7-20/h1-9,16-17,36H,10-15,18-19H2. The van der Waals surface area contributed by atoms with Crippen LogP contribution >= 0.6 is 11.6 Å². The lowest BCUT2D eigenvalue weighted by atomic mass is 10.0. The number of nitrogens with zero attached hydrogens (tertiary/aromatic N) is 5. The van der Waals surface area contributed by atoms with Crippen molar-refractivity contribution in [1.82, 2.24) is 14.9 Å². The van der Waals surface area contributed by atoms with Crippen LogP contribution in [0, 0.1) is 0 Å². The second kappa shape index (κ2) is 10.4. The third-order valence-electron chi connectivity index (χ3n) is 7.22. The number of hydrogen-bond acceptors (Lipinski definition) is 7. The minimum absolute atomic E-state index is 0.214. The Kier molecular flexibility index (Phi) is 6.64. The number of carbonyl (C=O) groups is 1. The van der Waals surface area contributed by atoms with Gasteiger partial charge in [-0.3, -0.25) is 0 Å². The average Bonchev–Trinajstić information content (AvgIpc) is 2.95. The molecule has 38 heavy (non-hydrogen) atoms. The summed E-state index contributed by atoms with van der Waals surface area (Å²) in [6.45, 7) is 3.98. The summed E-state index contributed by atoms with van der Waals surface area (Å²) in [4.78, 5) is 28.0. The summed E-state index contributed by atoms with van der Waals surface area (Å²) in [6.07, 6.45) is 0.454. The van der Waals surface area contributed by atoms with Crippen molar-refractivity contribution in [3.8, 4) is 5.75 Å². The van der Waals surface area contributed by atoms with E-state index in [1.165, 1.54) is 0 Å². The van der Waals surface area contributed by atoms with E-state index >= 15 is 0 Å². The van der Waals surface area contributed by atoms with E-state index < -0.39 is 0 Å². The van der Waals surface area contributed by atoms with Crippen molar-refractivity contribution in [2.75, 3.05) is 42.5 Å². The highest BCUT2D eigenvalue weighted by Crippen LogP contribution is 2.36. The van der Waals surface area contributed by atoms with E-state index in [1.54, 1.807) is 11.0 Å². The van der Waals surface area contributed by atoms with Gasteiger partial charge in [-0.25, -0.2) is 14.8 Å². The van der Waals surface area contributed by atoms with Crippen molar-refractivity contribution < 1.29 is 14.6 Å². The van der Waals surface area contributed by atoms with Crippen LogP contribution in [-0.4, -0.2) is 58.8 Å². The van der Waals surface area contributed by atoms with Crippen LogP contribution in [0.4, 0.5) is 16.3 Å². The second-order valence-electron chi connectivity index (χ2n) is 9.61. The van der Waals surface area contributed by atoms with Crippen molar-refractivity contribution in [1.29, 1.82) is 0 Å². The number of halogens is 1. The number of phenolic OH excluding ortho intramolecular Hbond substituents is 1. The lowest BCUT2D eigenvalue weighted by Crippen LogP contribution is -2.49. The Morgan fingerprint density at radius 1 is 0.921 bits per heavy atom. The van der Waals surface area contributed by atoms with Crippen molar-refractivity contribution in [2.24, 2.45) is 0 Å². The van der Waals surface area contributed by atoms with Crippen LogP contribution < -0.4 is 9.80 Å². The molecule has 2 aliphatic rings. The first-order chi connectivity index (χ1) is 18.5. The second-order valence-corrected chi connectivity index (χ2v) is 9.95. The molecule has 194 valence electrons. The molecule has 0 atom stereocenters. The van der Waals surface area contributed by atoms with Gasteiger partial charge in [0.1, 0.15) is 18.2 Å². The van der Waals surface area contributed by atoms with Gasteiger partial charge in [-0.1, -0.05) is 54.6 Å². The lowest BCUT2D eigenvalue weighted by Gasteiger charge is -2.37. The molecule has 0 saturated carbocycles. The third-order valence-corrected chi connectivity index (χ3v) is 7.39. The largest absolute Gasteiger partial charge is 0.508 e. The van der Waals surface area contributed by atoms with Gasteiger partial charge in [-0.05, 0) is 35.0 Å². The van der Waals surface area contributed by atoms with E-state index in [0.717, 1.165) is 52.1 Å². The maximum absolute atomic E-state index is 12.6. The van der Waals surface area contributed by atoms with Gasteiger partial charge in [0.05, 0.1) is 12.2 Å². The molecule has 1 aromatic heterocycles. The molecule has 3 heterocycles. The smallest absolute Gasteiger partial charge is 0.410 e. The molecule has 4 aromatic rings. The minimum Gasteiger partial charge on any atom is -0.508 e. The van der Waals surface area contributed by atoms with Crippen molar-refractivity contribution >= 4 is 40.0 Å². The van der Waals surface area contributed by atoms with Crippen LogP contribution in [0.1, 0.15) is 16.8 Å². The fourth-order valence-corrected chi connectivity index (χ4v) is 5.48. The van der Waals surface area contributed by atoms with E-state index in [2.05, 4.69) is 25.8 Å². The maximum atomic E-state index is 12.6. The highest BCUT2D eigenvalue weighted by molar-refractivity contribution is 6.28. The van der Waals surface area contributed by atoms with Crippen molar-refractivity contribution in [3.05, 3.63) is 88.8 Å². The molecule has 9 heteroatoms. The Bertz CT molecular complexity index is 1470. The number of amides is 1. The van der Waals surface area contributed by atoms with E-state index in [0.29, 0.717) is 32.7 Å². The van der Waals surface area contributed by atoms with Crippen LogP contribution in [0.3, 0.4) is 0 Å². The van der Waals surface area contributed by atoms with Crippen molar-refractivity contribution in [3.63, 3.8) is 0 Å². The fourth-order valence-electron chi connectivity index (χ4n) is 5.30. The van der Waals surface area contributed by atoms with E-state index in [-0.39, 0.29) is 23.7 Å². The number of benzene rings is 3. The van der Waals surface area contributed by atoms with Crippen LogP contribution in [-0.2, 0) is 24.3 Å². The molecule has 3 aromatic carbocycles. The molecule has 0 radical (unpaired) electrons. The molecule has 0 spiro atoms. The predicted octanol–water partition coefficient (Wildman–Crippen LogP) is 5.01. The summed E-state index contributed by atoms with van der Waals surface area (Å²) in [5.74, 6) is 1.09. The normalized spacial score (nSPS) is 15.4. The number of carbonyl (C=O) groups excluding carboxylic acids is 1. The quantitative estimate of drug-likeness (QED) is 0.372. The summed E-state index contributed by atoms with van der Waals surface area (Å²) >= 11 is 6.40. The number of rotatable bonds is 4. The molecule has 1 amide bonds. The zero-order valence-corrected chi connectivity index (χ0v) is 21.6. The fraction of sp³-hybridized carbons (Fsp3) is 0.276. The Morgan fingerprint density at radius 2 is 1.68 bits per heavy atom. The predicted molar refractivity (Wildman–Crippen MR) is 148 cm³/mol. The zero-order valence-electron chi connectivity index (χ0n) is 20.9. The molecule has 0 bridgehead atoms. The molecule has 0 aliphatic carbocycles. The first-order valence-electron chi connectivity index (χ1n) is 12.8. The number of aromatic nitrogens is 2. The third kappa shape index (κ3) is 4.91. The van der Waals surface area contributed by atoms with E-state index in [1.807, 2.05) is 54.6 Å². The summed E-state index contributed by atoms with van der Waals surface area (Å²) in [7, 11) is 0. The highest BCUT2D eigenvalue weighted by Gasteiger charge is 2.29. The Labute approximate surface area is 226 Å². The summed E-state index contributed by atoms with van der Waals surface area (Å²) in [6, 6.07) is 21.3. The number of piperazine rings is 1. The van der Waals surface area contributed by atoms with Crippen LogP contribution in [0.15, 0.2) is 66.7 Å². The summed E-state index contributed by atoms with van der Waals surface area (Å²) in [5, 5.41) is 12.6. The van der Waals surface area contributed by atoms with Gasteiger partial charge in [0.25, 0.3) is 0 Å². The highest BCUT2D eigenvalue weighted by atomic mass is 35.5. The topological polar surface area (TPSA) is 82.0 Å². The molecule has 8 nitrogen and oxygen atoms in total. The van der Waals surface area contributed by atoms with E-state index in [9.17, 15) is 9.90 Å². The lowest BCUT2D eigenvalue weighted by molar-refractivity contribution is 0.0941. The molecule has 1 fully saturated rings. The zero-order chi connectivity index (χ0) is 26.1. The van der Waals surface area contributed by atoms with Gasteiger partial charge < -0.3 is 24.5 Å². The molecular formula is C29H28ClN5O3. The van der Waals surface area contributed by atoms with Crippen LogP contribution in [0.2, 0.25) is 5.28 Å². The van der Waals surface area contributed by atoms with Gasteiger partial charge in [0.2, 0.25) is 5.28 Å². The molecule has 1 saturated heterocycles. The van der Waals surface area contributed by atoms with Crippen molar-refractivity contribution in [2.45, 2.75) is 19.6 Å². The van der Waals surface area contributed by atoms with Gasteiger partial charge in [-0.15, -0.1) is 0 Å². The molecule has 2 aliphatic heterocycles. The first kappa shape index (κ1) is 24.3. The number of fused-ring (bicyclic) bond motifs is 2. The van der Waals surface area contributed by atoms with Crippen LogP contribution in [0.25, 0.3) is 10.8 Å². The SMILES string of the molecule is O=C(OCc1ccccc1)N1CCN(c2nc(Cl)nc3c2CCN(c2cc(O)cc4ccccc24)C3)CC1. The number of anilines is 2. The number of ether oxygens (including phenoxy) is 1. The molecule has 6 rings (SSSR count). The van der Waals surface area contributed by atoms with Gasteiger partial charge in [0, 0.05) is 55.4 Å². The molecule has 1 N–H and O–H groups in total. The Hall–Kier alpha value is -4.04. The Balaban J connectivity index is 1.16. The number of hydrogen-bond donors (Lipinski definition) is 1. The van der Waals surface area contributed by atoms with Gasteiger partial charge >= 0.3 is 6.09 Å². The summed E-state index contributed by atoms with van der Waals surface area (Å²) < 4.78 is 5.51. The molecule has 0 unspecified atom stereocenters. The van der Waals surface area contributed by atoms with Gasteiger partial charge in [-0.2, -0.15) is 0 Å². The first-order valence-corrected chi connectivity index (χ1v) is 13.2. The van der Waals surface area contributed by atoms with Gasteiger partial charge in [0.15, 0.2) is 0 Å². The molecular weight excluding hydrogens is 502 g/mol. The number of aromatic hydroxyl groups is 1. The van der Waals surface area contributed by atoms with E-state index in [4.69, 9.17) is 16.3 Å².